The number of carbonyl (C=O) groups is 1. The van der Waals surface area contributed by atoms with Crippen LogP contribution in [0.3, 0.4) is 0 Å². The normalized spacial score (nSPS) is 12.5. The second kappa shape index (κ2) is 7.85. The molecule has 1 amide bonds. The summed E-state index contributed by atoms with van der Waals surface area (Å²) in [5.74, 6) is 1.38. The van der Waals surface area contributed by atoms with Gasteiger partial charge in [0.15, 0.2) is 11.5 Å². The van der Waals surface area contributed by atoms with E-state index in [4.69, 9.17) is 11.6 Å². The quantitative estimate of drug-likeness (QED) is 0.517. The number of fused-ring (bicyclic) bond motifs is 2. The van der Waals surface area contributed by atoms with Crippen molar-refractivity contribution in [3.05, 3.63) is 65.2 Å². The van der Waals surface area contributed by atoms with Gasteiger partial charge in [0.1, 0.15) is 5.69 Å². The lowest BCUT2D eigenvalue weighted by atomic mass is 10.2. The molecule has 1 N–H and O–H groups in total. The van der Waals surface area contributed by atoms with Gasteiger partial charge in [-0.05, 0) is 36.6 Å². The van der Waals surface area contributed by atoms with Crippen LogP contribution in [-0.2, 0) is 7.05 Å². The molecule has 0 aliphatic carbocycles. The molecule has 0 bridgehead atoms. The van der Waals surface area contributed by atoms with Gasteiger partial charge in [-0.3, -0.25) is 9.20 Å². The zero-order valence-corrected chi connectivity index (χ0v) is 17.2. The largest absolute Gasteiger partial charge is 0.341 e. The minimum absolute atomic E-state index is 0.220. The van der Waals surface area contributed by atoms with Gasteiger partial charge in [-0.15, -0.1) is 10.2 Å². The first-order valence-corrected chi connectivity index (χ1v) is 10.7. The molecule has 6 nitrogen and oxygen atoms in total. The molecule has 0 radical (unpaired) electrons. The Bertz CT molecular complexity index is 1110. The van der Waals surface area contributed by atoms with E-state index in [2.05, 4.69) is 15.5 Å². The number of benzene rings is 1. The van der Waals surface area contributed by atoms with Crippen LogP contribution in [0.5, 0.6) is 0 Å². The van der Waals surface area contributed by atoms with Gasteiger partial charge in [-0.25, -0.2) is 0 Å². The maximum absolute atomic E-state index is 13.2. The van der Waals surface area contributed by atoms with Crippen molar-refractivity contribution in [2.45, 2.75) is 12.5 Å². The third-order valence-electron chi connectivity index (χ3n) is 4.83. The maximum atomic E-state index is 13.2. The summed E-state index contributed by atoms with van der Waals surface area (Å²) in [7, 11) is 1.85. The Morgan fingerprint density at radius 3 is 2.79 bits per heavy atom. The highest BCUT2D eigenvalue weighted by atomic mass is 35.5. The molecule has 0 saturated heterocycles. The van der Waals surface area contributed by atoms with Crippen LogP contribution < -0.4 is 5.32 Å². The lowest BCUT2D eigenvalue weighted by Gasteiger charge is -2.17. The number of carbonyl (C=O) groups excluding carboxylic acids is 1. The van der Waals surface area contributed by atoms with Crippen molar-refractivity contribution < 1.29 is 4.79 Å². The Balaban J connectivity index is 1.71. The minimum Gasteiger partial charge on any atom is -0.341 e. The highest BCUT2D eigenvalue weighted by molar-refractivity contribution is 7.98. The first-order valence-electron chi connectivity index (χ1n) is 8.94. The molecule has 3 aromatic heterocycles. The van der Waals surface area contributed by atoms with Crippen molar-refractivity contribution in [1.82, 2.24) is 24.5 Å². The average molecular weight is 414 g/mol. The fourth-order valence-electron chi connectivity index (χ4n) is 3.42. The van der Waals surface area contributed by atoms with Crippen LogP contribution in [0.15, 0.2) is 48.7 Å². The van der Waals surface area contributed by atoms with Gasteiger partial charge in [0.25, 0.3) is 5.91 Å². The van der Waals surface area contributed by atoms with Crippen molar-refractivity contribution in [3.8, 4) is 0 Å². The van der Waals surface area contributed by atoms with E-state index in [0.717, 1.165) is 28.7 Å². The van der Waals surface area contributed by atoms with Crippen molar-refractivity contribution >= 4 is 45.8 Å². The first-order chi connectivity index (χ1) is 13.6. The molecule has 0 spiro atoms. The Morgan fingerprint density at radius 2 is 2.00 bits per heavy atom. The van der Waals surface area contributed by atoms with Gasteiger partial charge in [-0.1, -0.05) is 35.9 Å². The molecule has 8 heteroatoms. The number of thioether (sulfide) groups is 1. The summed E-state index contributed by atoms with van der Waals surface area (Å²) in [5, 5.41) is 13.0. The molecule has 0 saturated carbocycles. The Hall–Kier alpha value is -2.51. The summed E-state index contributed by atoms with van der Waals surface area (Å²) < 4.78 is 3.74. The van der Waals surface area contributed by atoms with Gasteiger partial charge in [0.05, 0.1) is 11.1 Å². The lowest BCUT2D eigenvalue weighted by molar-refractivity contribution is 0.0926. The molecule has 1 unspecified atom stereocenters. The van der Waals surface area contributed by atoms with E-state index in [1.165, 1.54) is 0 Å². The second-order valence-electron chi connectivity index (χ2n) is 6.53. The van der Waals surface area contributed by atoms with E-state index in [1.807, 2.05) is 70.9 Å². The standard InChI is InChI=1S/C20H20ClN5OS/c1-25-15-8-4-3-7-13(15)17(21)18(25)20(27)22-14(10-12-28-2)19-24-23-16-9-5-6-11-26(16)19/h3-9,11,14H,10,12H2,1-2H3,(H,22,27). The molecule has 0 aliphatic heterocycles. The fraction of sp³-hybridized carbons (Fsp3) is 0.250. The molecule has 3 heterocycles. The van der Waals surface area contributed by atoms with Gasteiger partial charge < -0.3 is 9.88 Å². The Kier molecular flexibility index (Phi) is 5.28. The van der Waals surface area contributed by atoms with E-state index in [-0.39, 0.29) is 11.9 Å². The third kappa shape index (κ3) is 3.25. The number of halogens is 1. The molecule has 4 rings (SSSR count). The van der Waals surface area contributed by atoms with Gasteiger partial charge in [-0.2, -0.15) is 11.8 Å². The number of pyridine rings is 1. The predicted octanol–water partition coefficient (Wildman–Crippen LogP) is 4.10. The molecule has 28 heavy (non-hydrogen) atoms. The fourth-order valence-corrected chi connectivity index (χ4v) is 4.27. The molecule has 1 aromatic carbocycles. The molecule has 4 aromatic rings. The van der Waals surface area contributed by atoms with E-state index in [0.29, 0.717) is 16.5 Å². The molecule has 0 fully saturated rings. The summed E-state index contributed by atoms with van der Waals surface area (Å²) in [6.07, 6.45) is 4.69. The summed E-state index contributed by atoms with van der Waals surface area (Å²) in [4.78, 5) is 13.2. The number of nitrogens with one attached hydrogen (secondary N) is 1. The highest BCUT2D eigenvalue weighted by Gasteiger charge is 2.25. The van der Waals surface area contributed by atoms with Gasteiger partial charge in [0.2, 0.25) is 0 Å². The van der Waals surface area contributed by atoms with Gasteiger partial charge in [0, 0.05) is 24.1 Å². The molecular weight excluding hydrogens is 394 g/mol. The summed E-state index contributed by atoms with van der Waals surface area (Å²) >= 11 is 8.27. The minimum atomic E-state index is -0.272. The van der Waals surface area contributed by atoms with Crippen molar-refractivity contribution in [2.75, 3.05) is 12.0 Å². The van der Waals surface area contributed by atoms with Crippen molar-refractivity contribution in [1.29, 1.82) is 0 Å². The SMILES string of the molecule is CSCCC(NC(=O)c1c(Cl)c2ccccc2n1C)c1nnc2ccccn12. The van der Waals surface area contributed by atoms with Crippen LogP contribution in [-0.4, -0.2) is 37.1 Å². The smallest absolute Gasteiger partial charge is 0.270 e. The number of amides is 1. The number of hydrogen-bond donors (Lipinski definition) is 1. The second-order valence-corrected chi connectivity index (χ2v) is 7.90. The maximum Gasteiger partial charge on any atom is 0.270 e. The average Bonchev–Trinajstić information content (AvgIpc) is 3.25. The van der Waals surface area contributed by atoms with Crippen LogP contribution in [0, 0.1) is 0 Å². The zero-order valence-electron chi connectivity index (χ0n) is 15.6. The molecule has 0 aliphatic rings. The summed E-state index contributed by atoms with van der Waals surface area (Å²) in [6.45, 7) is 0. The van der Waals surface area contributed by atoms with E-state index in [9.17, 15) is 4.79 Å². The number of hydrogen-bond acceptors (Lipinski definition) is 4. The summed E-state index contributed by atoms with van der Waals surface area (Å²) in [6, 6.07) is 13.2. The monoisotopic (exact) mass is 413 g/mol. The highest BCUT2D eigenvalue weighted by Crippen LogP contribution is 2.30. The lowest BCUT2D eigenvalue weighted by Crippen LogP contribution is -2.31. The molecular formula is C20H20ClN5OS. The topological polar surface area (TPSA) is 64.2 Å². The van der Waals surface area contributed by atoms with Crippen LogP contribution >= 0.6 is 23.4 Å². The Morgan fingerprint density at radius 1 is 1.21 bits per heavy atom. The summed E-state index contributed by atoms with van der Waals surface area (Å²) in [5.41, 5.74) is 2.13. The van der Waals surface area contributed by atoms with Crippen LogP contribution in [0.1, 0.15) is 28.8 Å². The first kappa shape index (κ1) is 18.8. The Labute approximate surface area is 171 Å². The number of rotatable bonds is 6. The number of para-hydroxylation sites is 1. The van der Waals surface area contributed by atoms with Gasteiger partial charge >= 0.3 is 0 Å². The number of aromatic nitrogens is 4. The van der Waals surface area contributed by atoms with Crippen molar-refractivity contribution in [2.24, 2.45) is 7.05 Å². The predicted molar refractivity (Wildman–Crippen MR) is 114 cm³/mol. The van der Waals surface area contributed by atoms with Crippen molar-refractivity contribution in [3.63, 3.8) is 0 Å². The van der Waals surface area contributed by atoms with E-state index in [1.54, 1.807) is 11.8 Å². The van der Waals surface area contributed by atoms with Crippen LogP contribution in [0.2, 0.25) is 5.02 Å². The van der Waals surface area contributed by atoms with Crippen LogP contribution in [0.4, 0.5) is 0 Å². The molecule has 1 atom stereocenters. The number of nitrogens with zero attached hydrogens (tertiary/aromatic N) is 4. The molecule has 144 valence electrons. The van der Waals surface area contributed by atoms with Crippen LogP contribution in [0.25, 0.3) is 16.6 Å². The van der Waals surface area contributed by atoms with E-state index < -0.39 is 0 Å². The zero-order chi connectivity index (χ0) is 19.7. The van der Waals surface area contributed by atoms with E-state index >= 15 is 0 Å². The number of aryl methyl sites for hydroxylation is 1. The third-order valence-corrected chi connectivity index (χ3v) is 5.85.